The molecule has 1 atom stereocenters. The van der Waals surface area contributed by atoms with Gasteiger partial charge in [0.05, 0.1) is 5.92 Å². The van der Waals surface area contributed by atoms with Gasteiger partial charge in [0.15, 0.2) is 0 Å². The smallest absolute Gasteiger partial charge is 0.309 e. The van der Waals surface area contributed by atoms with Crippen LogP contribution >= 0.6 is 0 Å². The average Bonchev–Trinajstić information content (AvgIpc) is 2.53. The second kappa shape index (κ2) is 11.9. The van der Waals surface area contributed by atoms with E-state index in [1.807, 2.05) is 6.92 Å². The number of hydrogen-bond acceptors (Lipinski definition) is 2. The first-order valence-corrected chi connectivity index (χ1v) is 10.4. The summed E-state index contributed by atoms with van der Waals surface area (Å²) in [6.45, 7) is 6.34. The number of ether oxygens (including phenoxy) is 1. The van der Waals surface area contributed by atoms with Crippen molar-refractivity contribution in [1.82, 2.24) is 0 Å². The van der Waals surface area contributed by atoms with Gasteiger partial charge in [0.25, 0.3) is 0 Å². The van der Waals surface area contributed by atoms with Gasteiger partial charge in [-0.25, -0.2) is 0 Å². The van der Waals surface area contributed by atoms with Gasteiger partial charge in [0, 0.05) is 0 Å². The molecule has 1 aliphatic carbocycles. The van der Waals surface area contributed by atoms with Gasteiger partial charge in [-0.2, -0.15) is 0 Å². The fraction of sp³-hybridized carbons (Fsp3) is 0.952. The molecule has 2 heteroatoms. The van der Waals surface area contributed by atoms with Gasteiger partial charge < -0.3 is 4.74 Å². The third-order valence-electron chi connectivity index (χ3n) is 5.58. The number of carbonyl (C=O) groups is 1. The number of esters is 1. The van der Waals surface area contributed by atoms with E-state index in [1.165, 1.54) is 70.6 Å². The molecule has 1 rings (SSSR count). The first-order valence-electron chi connectivity index (χ1n) is 10.4. The van der Waals surface area contributed by atoms with Crippen molar-refractivity contribution < 1.29 is 9.53 Å². The van der Waals surface area contributed by atoms with Crippen LogP contribution in [-0.4, -0.2) is 11.6 Å². The molecule has 0 aromatic rings. The van der Waals surface area contributed by atoms with E-state index >= 15 is 0 Å². The minimum Gasteiger partial charge on any atom is -0.459 e. The first-order chi connectivity index (χ1) is 11.1. The van der Waals surface area contributed by atoms with Crippen molar-refractivity contribution in [2.75, 3.05) is 0 Å². The Kier molecular flexibility index (Phi) is 10.6. The number of unbranched alkanes of at least 4 members (excludes halogenated alkanes) is 5. The Morgan fingerprint density at radius 1 is 0.913 bits per heavy atom. The Balaban J connectivity index is 2.54. The molecule has 136 valence electrons. The highest BCUT2D eigenvalue weighted by atomic mass is 16.6. The summed E-state index contributed by atoms with van der Waals surface area (Å²) in [6.07, 6.45) is 18.4. The maximum Gasteiger partial charge on any atom is 0.309 e. The second-order valence-electron chi connectivity index (χ2n) is 7.70. The fourth-order valence-corrected chi connectivity index (χ4v) is 3.66. The molecule has 0 amide bonds. The maximum atomic E-state index is 12.4. The molecule has 1 unspecified atom stereocenters. The van der Waals surface area contributed by atoms with E-state index in [0.717, 1.165) is 25.7 Å². The molecule has 0 spiro atoms. The van der Waals surface area contributed by atoms with Gasteiger partial charge in [-0.05, 0) is 44.9 Å². The van der Waals surface area contributed by atoms with E-state index in [1.54, 1.807) is 0 Å². The largest absolute Gasteiger partial charge is 0.459 e. The van der Waals surface area contributed by atoms with Gasteiger partial charge in [-0.3, -0.25) is 4.79 Å². The van der Waals surface area contributed by atoms with Crippen LogP contribution in [0.2, 0.25) is 0 Å². The van der Waals surface area contributed by atoms with Crippen LogP contribution in [0.15, 0.2) is 0 Å². The summed E-state index contributed by atoms with van der Waals surface area (Å²) in [5.74, 6) is 0.0842. The molecule has 0 aliphatic heterocycles. The molecule has 0 aromatic carbocycles. The van der Waals surface area contributed by atoms with E-state index in [-0.39, 0.29) is 17.5 Å². The lowest BCUT2D eigenvalue weighted by molar-refractivity contribution is -0.168. The van der Waals surface area contributed by atoms with Gasteiger partial charge >= 0.3 is 5.97 Å². The summed E-state index contributed by atoms with van der Waals surface area (Å²) in [5, 5.41) is 0. The van der Waals surface area contributed by atoms with E-state index in [2.05, 4.69) is 13.8 Å². The van der Waals surface area contributed by atoms with Crippen molar-refractivity contribution >= 4 is 5.97 Å². The SMILES string of the molecule is CCCCCCCCC1(OC(=O)C(C)CC)CCCCCCC1. The van der Waals surface area contributed by atoms with E-state index in [4.69, 9.17) is 4.74 Å². The van der Waals surface area contributed by atoms with Crippen LogP contribution in [0.5, 0.6) is 0 Å². The van der Waals surface area contributed by atoms with Crippen molar-refractivity contribution in [2.24, 2.45) is 5.92 Å². The lowest BCUT2D eigenvalue weighted by Crippen LogP contribution is -2.37. The lowest BCUT2D eigenvalue weighted by atomic mass is 9.82. The zero-order valence-corrected chi connectivity index (χ0v) is 16.0. The highest BCUT2D eigenvalue weighted by molar-refractivity contribution is 5.72. The lowest BCUT2D eigenvalue weighted by Gasteiger charge is -2.36. The van der Waals surface area contributed by atoms with Crippen molar-refractivity contribution in [3.63, 3.8) is 0 Å². The molecule has 23 heavy (non-hydrogen) atoms. The van der Waals surface area contributed by atoms with Gasteiger partial charge in [0.1, 0.15) is 5.60 Å². The quantitative estimate of drug-likeness (QED) is 0.326. The molecular formula is C21H40O2. The molecule has 0 radical (unpaired) electrons. The van der Waals surface area contributed by atoms with E-state index < -0.39 is 0 Å². The number of carbonyl (C=O) groups excluding carboxylic acids is 1. The van der Waals surface area contributed by atoms with Crippen molar-refractivity contribution in [3.8, 4) is 0 Å². The summed E-state index contributed by atoms with van der Waals surface area (Å²) < 4.78 is 6.16. The Labute approximate surface area is 144 Å². The molecule has 1 saturated carbocycles. The van der Waals surface area contributed by atoms with Crippen molar-refractivity contribution in [2.45, 2.75) is 123 Å². The minimum atomic E-state index is -0.147. The molecular weight excluding hydrogens is 284 g/mol. The van der Waals surface area contributed by atoms with Crippen LogP contribution in [0.4, 0.5) is 0 Å². The summed E-state index contributed by atoms with van der Waals surface area (Å²) in [4.78, 5) is 12.4. The summed E-state index contributed by atoms with van der Waals surface area (Å²) >= 11 is 0. The van der Waals surface area contributed by atoms with Crippen LogP contribution in [0.25, 0.3) is 0 Å². The molecule has 0 N–H and O–H groups in total. The third kappa shape index (κ3) is 8.22. The van der Waals surface area contributed by atoms with Crippen LogP contribution in [0, 0.1) is 5.92 Å². The zero-order valence-electron chi connectivity index (χ0n) is 16.0. The topological polar surface area (TPSA) is 26.3 Å². The Morgan fingerprint density at radius 2 is 1.48 bits per heavy atom. The molecule has 1 fully saturated rings. The van der Waals surface area contributed by atoms with Gasteiger partial charge in [0.2, 0.25) is 0 Å². The number of hydrogen-bond donors (Lipinski definition) is 0. The van der Waals surface area contributed by atoms with Gasteiger partial charge in [-0.1, -0.05) is 72.1 Å². The highest BCUT2D eigenvalue weighted by Crippen LogP contribution is 2.35. The van der Waals surface area contributed by atoms with E-state index in [0.29, 0.717) is 0 Å². The predicted molar refractivity (Wildman–Crippen MR) is 98.6 cm³/mol. The normalized spacial score (nSPS) is 19.6. The molecule has 1 aliphatic rings. The Morgan fingerprint density at radius 3 is 2.09 bits per heavy atom. The Bertz CT molecular complexity index is 303. The summed E-state index contributed by atoms with van der Waals surface area (Å²) in [7, 11) is 0. The number of rotatable bonds is 10. The standard InChI is InChI=1S/C21H40O2/c1-4-6-7-8-10-13-16-21(23-20(22)19(3)5-2)17-14-11-9-12-15-18-21/h19H,4-18H2,1-3H3. The molecule has 0 saturated heterocycles. The van der Waals surface area contributed by atoms with Crippen LogP contribution < -0.4 is 0 Å². The predicted octanol–water partition coefficient (Wildman–Crippen LogP) is 6.81. The van der Waals surface area contributed by atoms with Crippen molar-refractivity contribution in [3.05, 3.63) is 0 Å². The monoisotopic (exact) mass is 324 g/mol. The maximum absolute atomic E-state index is 12.4. The first kappa shape index (κ1) is 20.5. The molecule has 0 bridgehead atoms. The minimum absolute atomic E-state index is 0.0408. The molecule has 2 nitrogen and oxygen atoms in total. The van der Waals surface area contributed by atoms with Crippen LogP contribution in [0.1, 0.15) is 117 Å². The van der Waals surface area contributed by atoms with Crippen LogP contribution in [0.3, 0.4) is 0 Å². The third-order valence-corrected chi connectivity index (χ3v) is 5.58. The second-order valence-corrected chi connectivity index (χ2v) is 7.70. The summed E-state index contributed by atoms with van der Waals surface area (Å²) in [6, 6.07) is 0. The molecule has 0 aromatic heterocycles. The molecule has 0 heterocycles. The van der Waals surface area contributed by atoms with E-state index in [9.17, 15) is 4.79 Å². The average molecular weight is 325 g/mol. The highest BCUT2D eigenvalue weighted by Gasteiger charge is 2.34. The summed E-state index contributed by atoms with van der Waals surface area (Å²) in [5.41, 5.74) is -0.147. The van der Waals surface area contributed by atoms with Crippen molar-refractivity contribution in [1.29, 1.82) is 0 Å². The van der Waals surface area contributed by atoms with Gasteiger partial charge in [-0.15, -0.1) is 0 Å². The van der Waals surface area contributed by atoms with Crippen LogP contribution in [-0.2, 0) is 9.53 Å². The zero-order chi connectivity index (χ0) is 17.0. The fourth-order valence-electron chi connectivity index (χ4n) is 3.66. The Hall–Kier alpha value is -0.530.